The molecule has 0 radical (unpaired) electrons. The van der Waals surface area contributed by atoms with Crippen LogP contribution in [0.2, 0.25) is 0 Å². The average molecular weight is 405 g/mol. The summed E-state index contributed by atoms with van der Waals surface area (Å²) in [6.07, 6.45) is 5.70. The van der Waals surface area contributed by atoms with Gasteiger partial charge in [-0.05, 0) is 48.6 Å². The molecule has 0 spiro atoms. The first-order valence-corrected chi connectivity index (χ1v) is 10.0. The van der Waals surface area contributed by atoms with Gasteiger partial charge >= 0.3 is 0 Å². The molecule has 8 heteroatoms. The molecule has 2 amide bonds. The predicted molar refractivity (Wildman–Crippen MR) is 113 cm³/mol. The number of aromatic nitrogens is 3. The highest BCUT2D eigenvalue weighted by atomic mass is 32.1. The Balaban J connectivity index is 1.40. The minimum Gasteiger partial charge on any atom is -0.306 e. The van der Waals surface area contributed by atoms with Crippen LogP contribution < -0.4 is 10.6 Å². The largest absolute Gasteiger partial charge is 0.306 e. The molecule has 4 rings (SSSR count). The summed E-state index contributed by atoms with van der Waals surface area (Å²) in [5, 5.41) is 14.2. The third-order valence-corrected chi connectivity index (χ3v) is 5.51. The van der Waals surface area contributed by atoms with Crippen molar-refractivity contribution < 1.29 is 9.59 Å². The molecule has 1 fully saturated rings. The number of carbonyl (C=O) groups excluding carboxylic acids is 2. The Morgan fingerprint density at radius 3 is 2.76 bits per heavy atom. The van der Waals surface area contributed by atoms with Gasteiger partial charge in [-0.15, -0.1) is 21.5 Å². The number of amides is 2. The van der Waals surface area contributed by atoms with E-state index in [0.29, 0.717) is 22.6 Å². The number of benzene rings is 1. The second kappa shape index (κ2) is 8.32. The minimum absolute atomic E-state index is 0.104. The normalized spacial score (nSPS) is 13.0. The van der Waals surface area contributed by atoms with E-state index in [1.165, 1.54) is 23.8 Å². The van der Waals surface area contributed by atoms with Crippen LogP contribution in [0, 0.1) is 0 Å². The molecule has 1 aromatic carbocycles. The maximum atomic E-state index is 12.4. The SMILES string of the molecule is C=CC(=O)Nc1ccc(-c2cccc(CC(=O)Nc3ncc(C4CC4)s3)c2)nn1. The zero-order valence-corrected chi connectivity index (χ0v) is 16.4. The van der Waals surface area contributed by atoms with Crippen LogP contribution in [0.3, 0.4) is 0 Å². The Morgan fingerprint density at radius 2 is 2.03 bits per heavy atom. The van der Waals surface area contributed by atoms with E-state index in [-0.39, 0.29) is 18.2 Å². The summed E-state index contributed by atoms with van der Waals surface area (Å²) in [4.78, 5) is 29.2. The molecular formula is C21H19N5O2S. The van der Waals surface area contributed by atoms with E-state index in [4.69, 9.17) is 0 Å². The number of carbonyl (C=O) groups is 2. The number of hydrogen-bond donors (Lipinski definition) is 2. The molecule has 146 valence electrons. The zero-order valence-electron chi connectivity index (χ0n) is 15.6. The van der Waals surface area contributed by atoms with Crippen LogP contribution in [0.1, 0.15) is 29.2 Å². The molecule has 1 aliphatic rings. The van der Waals surface area contributed by atoms with E-state index < -0.39 is 0 Å². The Morgan fingerprint density at radius 1 is 1.17 bits per heavy atom. The maximum Gasteiger partial charge on any atom is 0.248 e. The number of hydrogen-bond acceptors (Lipinski definition) is 6. The van der Waals surface area contributed by atoms with Crippen molar-refractivity contribution in [3.63, 3.8) is 0 Å². The maximum absolute atomic E-state index is 12.4. The van der Waals surface area contributed by atoms with Crippen molar-refractivity contribution >= 4 is 34.1 Å². The zero-order chi connectivity index (χ0) is 20.2. The van der Waals surface area contributed by atoms with Crippen LogP contribution >= 0.6 is 11.3 Å². The Kier molecular flexibility index (Phi) is 5.44. The van der Waals surface area contributed by atoms with Gasteiger partial charge in [0, 0.05) is 16.6 Å². The van der Waals surface area contributed by atoms with E-state index >= 15 is 0 Å². The lowest BCUT2D eigenvalue weighted by atomic mass is 10.1. The van der Waals surface area contributed by atoms with Crippen LogP contribution in [-0.2, 0) is 16.0 Å². The van der Waals surface area contributed by atoms with Gasteiger partial charge in [0.15, 0.2) is 10.9 Å². The molecule has 2 heterocycles. The summed E-state index contributed by atoms with van der Waals surface area (Å²) < 4.78 is 0. The molecule has 0 unspecified atom stereocenters. The first-order valence-electron chi connectivity index (χ1n) is 9.23. The molecular weight excluding hydrogens is 386 g/mol. The molecule has 2 N–H and O–H groups in total. The lowest BCUT2D eigenvalue weighted by Crippen LogP contribution is -2.14. The number of nitrogens with zero attached hydrogens (tertiary/aromatic N) is 3. The highest BCUT2D eigenvalue weighted by Gasteiger charge is 2.25. The number of rotatable bonds is 7. The van der Waals surface area contributed by atoms with Crippen LogP contribution in [0.4, 0.5) is 10.9 Å². The topological polar surface area (TPSA) is 96.9 Å². The van der Waals surface area contributed by atoms with Gasteiger partial charge in [0.05, 0.1) is 12.1 Å². The van der Waals surface area contributed by atoms with Crippen molar-refractivity contribution in [1.29, 1.82) is 0 Å². The van der Waals surface area contributed by atoms with Crippen LogP contribution in [-0.4, -0.2) is 27.0 Å². The second-order valence-electron chi connectivity index (χ2n) is 6.76. The Labute approximate surface area is 171 Å². The highest BCUT2D eigenvalue weighted by Crippen LogP contribution is 2.43. The van der Waals surface area contributed by atoms with Crippen molar-refractivity contribution in [2.45, 2.75) is 25.2 Å². The molecule has 29 heavy (non-hydrogen) atoms. The van der Waals surface area contributed by atoms with Crippen molar-refractivity contribution in [1.82, 2.24) is 15.2 Å². The molecule has 2 aromatic heterocycles. The monoisotopic (exact) mass is 405 g/mol. The summed E-state index contributed by atoms with van der Waals surface area (Å²) in [6.45, 7) is 3.40. The van der Waals surface area contributed by atoms with E-state index in [1.807, 2.05) is 30.5 Å². The minimum atomic E-state index is -0.343. The van der Waals surface area contributed by atoms with E-state index in [1.54, 1.807) is 23.5 Å². The van der Waals surface area contributed by atoms with Crippen LogP contribution in [0.25, 0.3) is 11.3 Å². The van der Waals surface area contributed by atoms with Gasteiger partial charge in [-0.3, -0.25) is 9.59 Å². The standard InChI is InChI=1S/C21H19N5O2S/c1-2-19(27)23-18-9-8-16(25-26-18)15-5-3-4-13(10-15)11-20(28)24-21-22-12-17(29-21)14-6-7-14/h2-5,8-10,12,14H,1,6-7,11H2,(H,22,24,28)(H,23,26,27). The number of anilines is 2. The molecule has 3 aromatic rings. The fourth-order valence-electron chi connectivity index (χ4n) is 2.82. The van der Waals surface area contributed by atoms with Crippen molar-refractivity contribution in [2.75, 3.05) is 10.6 Å². The van der Waals surface area contributed by atoms with Gasteiger partial charge in [0.2, 0.25) is 11.8 Å². The lowest BCUT2D eigenvalue weighted by molar-refractivity contribution is -0.115. The molecule has 1 saturated carbocycles. The van der Waals surface area contributed by atoms with E-state index in [2.05, 4.69) is 32.4 Å². The van der Waals surface area contributed by atoms with Gasteiger partial charge in [0.25, 0.3) is 0 Å². The summed E-state index contributed by atoms with van der Waals surface area (Å²) in [5.41, 5.74) is 2.36. The number of thiazole rings is 1. The van der Waals surface area contributed by atoms with E-state index in [0.717, 1.165) is 11.1 Å². The van der Waals surface area contributed by atoms with Gasteiger partial charge in [-0.1, -0.05) is 24.8 Å². The summed E-state index contributed by atoms with van der Waals surface area (Å²) in [6, 6.07) is 11.0. The Bertz CT molecular complexity index is 1060. The smallest absolute Gasteiger partial charge is 0.248 e. The first-order chi connectivity index (χ1) is 14.1. The molecule has 0 bridgehead atoms. The predicted octanol–water partition coefficient (Wildman–Crippen LogP) is 3.78. The molecule has 7 nitrogen and oxygen atoms in total. The number of nitrogens with one attached hydrogen (secondary N) is 2. The third-order valence-electron chi connectivity index (χ3n) is 4.44. The summed E-state index contributed by atoms with van der Waals surface area (Å²) >= 11 is 1.55. The second-order valence-corrected chi connectivity index (χ2v) is 7.83. The van der Waals surface area contributed by atoms with Crippen molar-refractivity contribution in [2.24, 2.45) is 0 Å². The summed E-state index contributed by atoms with van der Waals surface area (Å²) in [5.74, 6) is 0.535. The van der Waals surface area contributed by atoms with Gasteiger partial charge in [-0.2, -0.15) is 0 Å². The average Bonchev–Trinajstić information content (AvgIpc) is 3.48. The quantitative estimate of drug-likeness (QED) is 0.583. The van der Waals surface area contributed by atoms with Gasteiger partial charge in [0.1, 0.15) is 0 Å². The molecule has 0 saturated heterocycles. The Hall–Kier alpha value is -3.39. The fraction of sp³-hybridized carbons (Fsp3) is 0.190. The molecule has 0 aliphatic heterocycles. The first kappa shape index (κ1) is 18.9. The van der Waals surface area contributed by atoms with E-state index in [9.17, 15) is 9.59 Å². The molecule has 0 atom stereocenters. The van der Waals surface area contributed by atoms with Crippen molar-refractivity contribution in [3.05, 3.63) is 65.7 Å². The fourth-order valence-corrected chi connectivity index (χ4v) is 3.82. The third kappa shape index (κ3) is 4.91. The van der Waals surface area contributed by atoms with Crippen LogP contribution in [0.5, 0.6) is 0 Å². The summed E-state index contributed by atoms with van der Waals surface area (Å²) in [7, 11) is 0. The lowest BCUT2D eigenvalue weighted by Gasteiger charge is -2.06. The molecule has 1 aliphatic carbocycles. The highest BCUT2D eigenvalue weighted by molar-refractivity contribution is 7.15. The van der Waals surface area contributed by atoms with Crippen LogP contribution in [0.15, 0.2) is 55.3 Å². The van der Waals surface area contributed by atoms with Gasteiger partial charge in [-0.25, -0.2) is 4.98 Å². The van der Waals surface area contributed by atoms with Gasteiger partial charge < -0.3 is 10.6 Å². The van der Waals surface area contributed by atoms with Crippen molar-refractivity contribution in [3.8, 4) is 11.3 Å².